The zero-order valence-electron chi connectivity index (χ0n) is 15.2. The molecule has 0 aliphatic carbocycles. The summed E-state index contributed by atoms with van der Waals surface area (Å²) in [5.41, 5.74) is 1.67. The summed E-state index contributed by atoms with van der Waals surface area (Å²) in [6, 6.07) is 12.9. The number of aromatic nitrogens is 2. The molecule has 0 saturated carbocycles. The first-order chi connectivity index (χ1) is 13.1. The van der Waals surface area contributed by atoms with Gasteiger partial charge in [0.15, 0.2) is 5.82 Å². The largest absolute Gasteiger partial charge is 0.360 e. The van der Waals surface area contributed by atoms with Crippen LogP contribution in [0.5, 0.6) is 0 Å². The molecule has 2 heterocycles. The number of nitrogens with one attached hydrogen (secondary N) is 1. The van der Waals surface area contributed by atoms with Crippen molar-refractivity contribution in [3.63, 3.8) is 0 Å². The van der Waals surface area contributed by atoms with Gasteiger partial charge in [-0.25, -0.2) is 0 Å². The molecular weight excluding hydrogens is 344 g/mol. The van der Waals surface area contributed by atoms with Crippen molar-refractivity contribution in [3.05, 3.63) is 77.3 Å². The Morgan fingerprint density at radius 2 is 1.85 bits per heavy atom. The van der Waals surface area contributed by atoms with Crippen LogP contribution in [-0.2, 0) is 6.54 Å². The molecule has 0 aliphatic rings. The number of carbonyl (C=O) groups is 2. The van der Waals surface area contributed by atoms with E-state index in [0.29, 0.717) is 30.2 Å². The maximum Gasteiger partial charge on any atom is 0.258 e. The third-order valence-electron chi connectivity index (χ3n) is 4.00. The first kappa shape index (κ1) is 18.3. The van der Waals surface area contributed by atoms with Crippen molar-refractivity contribution in [1.82, 2.24) is 15.0 Å². The molecule has 1 N–H and O–H groups in total. The number of carbonyl (C=O) groups excluding carboxylic acids is 2. The molecule has 0 fully saturated rings. The summed E-state index contributed by atoms with van der Waals surface area (Å²) in [6.07, 6.45) is 2.87. The standard InChI is InChI=1S/C20H20N4O3/c1-3-24(13-15-7-5-4-6-8-15)20(26)17-10-16(11-21-12-17)19(25)22-18-9-14(2)27-23-18/h4-12H,3,13H2,1-2H3,(H,22,23,25). The molecule has 0 radical (unpaired) electrons. The van der Waals surface area contributed by atoms with E-state index in [2.05, 4.69) is 15.5 Å². The number of pyridine rings is 1. The Morgan fingerprint density at radius 3 is 2.52 bits per heavy atom. The zero-order chi connectivity index (χ0) is 19.2. The summed E-state index contributed by atoms with van der Waals surface area (Å²) in [6.45, 7) is 4.68. The van der Waals surface area contributed by atoms with Crippen molar-refractivity contribution in [3.8, 4) is 0 Å². The minimum absolute atomic E-state index is 0.180. The Morgan fingerprint density at radius 1 is 1.11 bits per heavy atom. The van der Waals surface area contributed by atoms with Crippen LogP contribution >= 0.6 is 0 Å². The Hall–Kier alpha value is -3.48. The number of hydrogen-bond donors (Lipinski definition) is 1. The lowest BCUT2D eigenvalue weighted by Crippen LogP contribution is -2.30. The van der Waals surface area contributed by atoms with Gasteiger partial charge in [-0.2, -0.15) is 0 Å². The van der Waals surface area contributed by atoms with Crippen LogP contribution in [0.25, 0.3) is 0 Å². The predicted octanol–water partition coefficient (Wildman–Crippen LogP) is 3.29. The zero-order valence-corrected chi connectivity index (χ0v) is 15.2. The van der Waals surface area contributed by atoms with E-state index in [1.807, 2.05) is 37.3 Å². The highest BCUT2D eigenvalue weighted by Crippen LogP contribution is 2.13. The minimum Gasteiger partial charge on any atom is -0.360 e. The molecule has 3 aromatic rings. The van der Waals surface area contributed by atoms with Gasteiger partial charge in [0.2, 0.25) is 0 Å². The average Bonchev–Trinajstić information content (AvgIpc) is 3.11. The summed E-state index contributed by atoms with van der Waals surface area (Å²) < 4.78 is 4.92. The Bertz CT molecular complexity index is 937. The van der Waals surface area contributed by atoms with E-state index in [1.54, 1.807) is 17.9 Å². The fraction of sp³-hybridized carbons (Fsp3) is 0.200. The van der Waals surface area contributed by atoms with Gasteiger partial charge in [-0.1, -0.05) is 35.5 Å². The maximum absolute atomic E-state index is 12.8. The highest BCUT2D eigenvalue weighted by molar-refractivity contribution is 6.05. The molecule has 1 aromatic carbocycles. The summed E-state index contributed by atoms with van der Waals surface area (Å²) in [5, 5.41) is 6.34. The Balaban J connectivity index is 1.75. The molecule has 138 valence electrons. The van der Waals surface area contributed by atoms with Crippen LogP contribution in [0.4, 0.5) is 5.82 Å². The van der Waals surface area contributed by atoms with E-state index in [4.69, 9.17) is 4.52 Å². The van der Waals surface area contributed by atoms with Gasteiger partial charge >= 0.3 is 0 Å². The molecule has 27 heavy (non-hydrogen) atoms. The van der Waals surface area contributed by atoms with Crippen molar-refractivity contribution in [1.29, 1.82) is 0 Å². The van der Waals surface area contributed by atoms with Crippen LogP contribution < -0.4 is 5.32 Å². The van der Waals surface area contributed by atoms with Crippen molar-refractivity contribution < 1.29 is 14.1 Å². The quantitative estimate of drug-likeness (QED) is 0.725. The van der Waals surface area contributed by atoms with Gasteiger partial charge in [0.1, 0.15) is 5.76 Å². The van der Waals surface area contributed by atoms with Gasteiger partial charge in [0.05, 0.1) is 11.1 Å². The lowest BCUT2D eigenvalue weighted by Gasteiger charge is -2.21. The molecule has 7 heteroatoms. The van der Waals surface area contributed by atoms with Gasteiger partial charge in [0.25, 0.3) is 11.8 Å². The smallest absolute Gasteiger partial charge is 0.258 e. The van der Waals surface area contributed by atoms with Crippen LogP contribution in [0.15, 0.2) is 59.4 Å². The van der Waals surface area contributed by atoms with Crippen molar-refractivity contribution >= 4 is 17.6 Å². The second-order valence-electron chi connectivity index (χ2n) is 6.04. The topological polar surface area (TPSA) is 88.3 Å². The molecule has 0 saturated heterocycles. The van der Waals surface area contributed by atoms with E-state index in [0.717, 1.165) is 5.56 Å². The summed E-state index contributed by atoms with van der Waals surface area (Å²) in [7, 11) is 0. The number of aryl methyl sites for hydroxylation is 1. The van der Waals surface area contributed by atoms with Crippen molar-refractivity contribution in [2.45, 2.75) is 20.4 Å². The SMILES string of the molecule is CCN(Cc1ccccc1)C(=O)c1cncc(C(=O)Nc2cc(C)on2)c1. The number of hydrogen-bond acceptors (Lipinski definition) is 5. The molecule has 3 rings (SSSR count). The van der Waals surface area contributed by atoms with Gasteiger partial charge in [-0.3, -0.25) is 14.6 Å². The van der Waals surface area contributed by atoms with E-state index in [1.165, 1.54) is 18.5 Å². The summed E-state index contributed by atoms with van der Waals surface area (Å²) in [4.78, 5) is 31.0. The fourth-order valence-corrected chi connectivity index (χ4v) is 2.61. The molecule has 2 amide bonds. The number of anilines is 1. The molecule has 0 bridgehead atoms. The predicted molar refractivity (Wildman–Crippen MR) is 100 cm³/mol. The fourth-order valence-electron chi connectivity index (χ4n) is 2.61. The maximum atomic E-state index is 12.8. The first-order valence-corrected chi connectivity index (χ1v) is 8.59. The Kier molecular flexibility index (Phi) is 5.61. The minimum atomic E-state index is -0.406. The molecule has 0 aliphatic heterocycles. The van der Waals surface area contributed by atoms with Crippen LogP contribution in [0.2, 0.25) is 0 Å². The van der Waals surface area contributed by atoms with Crippen molar-refractivity contribution in [2.24, 2.45) is 0 Å². The number of amides is 2. The lowest BCUT2D eigenvalue weighted by atomic mass is 10.1. The van der Waals surface area contributed by atoms with Gasteiger partial charge in [-0.15, -0.1) is 0 Å². The van der Waals surface area contributed by atoms with Crippen LogP contribution in [0, 0.1) is 6.92 Å². The number of rotatable bonds is 6. The molecular formula is C20H20N4O3. The third-order valence-corrected chi connectivity index (χ3v) is 4.00. The van der Waals surface area contributed by atoms with E-state index in [9.17, 15) is 9.59 Å². The van der Waals surface area contributed by atoms with E-state index < -0.39 is 5.91 Å². The van der Waals surface area contributed by atoms with E-state index >= 15 is 0 Å². The average molecular weight is 364 g/mol. The molecule has 2 aromatic heterocycles. The van der Waals surface area contributed by atoms with Crippen LogP contribution in [0.3, 0.4) is 0 Å². The first-order valence-electron chi connectivity index (χ1n) is 8.59. The normalized spacial score (nSPS) is 10.4. The summed E-state index contributed by atoms with van der Waals surface area (Å²) in [5.74, 6) is 0.317. The second-order valence-corrected chi connectivity index (χ2v) is 6.04. The highest BCUT2D eigenvalue weighted by Gasteiger charge is 2.17. The third kappa shape index (κ3) is 4.58. The molecule has 0 spiro atoms. The van der Waals surface area contributed by atoms with Gasteiger partial charge < -0.3 is 14.7 Å². The second kappa shape index (κ2) is 8.27. The summed E-state index contributed by atoms with van der Waals surface area (Å²) >= 11 is 0. The number of benzene rings is 1. The van der Waals surface area contributed by atoms with Gasteiger partial charge in [-0.05, 0) is 25.5 Å². The monoisotopic (exact) mass is 364 g/mol. The van der Waals surface area contributed by atoms with Crippen LogP contribution in [-0.4, -0.2) is 33.4 Å². The lowest BCUT2D eigenvalue weighted by molar-refractivity contribution is 0.0752. The molecule has 0 atom stereocenters. The van der Waals surface area contributed by atoms with E-state index in [-0.39, 0.29) is 11.5 Å². The molecule has 7 nitrogen and oxygen atoms in total. The number of nitrogens with zero attached hydrogens (tertiary/aromatic N) is 3. The molecule has 0 unspecified atom stereocenters. The highest BCUT2D eigenvalue weighted by atomic mass is 16.5. The van der Waals surface area contributed by atoms with Crippen LogP contribution in [0.1, 0.15) is 39.0 Å². The van der Waals surface area contributed by atoms with Gasteiger partial charge in [0, 0.05) is 31.5 Å². The Labute approximate surface area is 157 Å². The van der Waals surface area contributed by atoms with Crippen molar-refractivity contribution in [2.75, 3.05) is 11.9 Å².